The van der Waals surface area contributed by atoms with Gasteiger partial charge in [-0.15, -0.1) is 0 Å². The van der Waals surface area contributed by atoms with Crippen molar-refractivity contribution in [3.8, 4) is 0 Å². The summed E-state index contributed by atoms with van der Waals surface area (Å²) in [6, 6.07) is 7.02. The summed E-state index contributed by atoms with van der Waals surface area (Å²) in [6.07, 6.45) is 2.19. The normalized spacial score (nSPS) is 11.3. The Morgan fingerprint density at radius 2 is 1.94 bits per heavy atom. The van der Waals surface area contributed by atoms with E-state index in [9.17, 15) is 4.79 Å². The number of carbonyl (C=O) groups is 1. The maximum atomic E-state index is 10.9. The number of hydrogen-bond donors (Lipinski definition) is 3. The number of primary amides is 1. The smallest absolute Gasteiger partial charge is 0.248 e. The fourth-order valence-corrected chi connectivity index (χ4v) is 1.40. The van der Waals surface area contributed by atoms with Crippen LogP contribution in [0.5, 0.6) is 0 Å². The molecule has 5 heteroatoms. The zero-order valence-corrected chi connectivity index (χ0v) is 10.6. The number of aliphatic imine (C=N–C) groups is 1. The highest BCUT2D eigenvalue weighted by atomic mass is 16.1. The quantitative estimate of drug-likeness (QED) is 0.398. The van der Waals surface area contributed by atoms with Crippen molar-refractivity contribution in [3.63, 3.8) is 0 Å². The topological polar surface area (TPSA) is 93.5 Å². The van der Waals surface area contributed by atoms with Crippen molar-refractivity contribution in [2.24, 2.45) is 16.5 Å². The van der Waals surface area contributed by atoms with Crippen LogP contribution in [-0.2, 0) is 6.54 Å². The van der Waals surface area contributed by atoms with Crippen LogP contribution >= 0.6 is 0 Å². The average Bonchev–Trinajstić information content (AvgIpc) is 2.37. The third-order valence-corrected chi connectivity index (χ3v) is 2.51. The Bertz CT molecular complexity index is 412. The van der Waals surface area contributed by atoms with Crippen LogP contribution in [0.15, 0.2) is 29.3 Å². The Morgan fingerprint density at radius 1 is 1.28 bits per heavy atom. The Hall–Kier alpha value is -2.04. The van der Waals surface area contributed by atoms with Gasteiger partial charge in [0.05, 0.1) is 6.54 Å². The van der Waals surface area contributed by atoms with Crippen molar-refractivity contribution < 1.29 is 4.79 Å². The molecule has 18 heavy (non-hydrogen) atoms. The van der Waals surface area contributed by atoms with Gasteiger partial charge < -0.3 is 16.8 Å². The SMILES string of the molecule is CCCCNC(N)=NCc1ccc(C(N)=O)cc1. The minimum atomic E-state index is -0.425. The van der Waals surface area contributed by atoms with Crippen molar-refractivity contribution in [3.05, 3.63) is 35.4 Å². The molecule has 0 fully saturated rings. The van der Waals surface area contributed by atoms with Crippen molar-refractivity contribution in [2.45, 2.75) is 26.3 Å². The maximum Gasteiger partial charge on any atom is 0.248 e. The largest absolute Gasteiger partial charge is 0.370 e. The van der Waals surface area contributed by atoms with Crippen LogP contribution in [0, 0.1) is 0 Å². The Labute approximate surface area is 107 Å². The number of nitrogens with one attached hydrogen (secondary N) is 1. The molecule has 0 aromatic heterocycles. The molecule has 0 saturated heterocycles. The maximum absolute atomic E-state index is 10.9. The predicted octanol–water partition coefficient (Wildman–Crippen LogP) is 0.990. The second kappa shape index (κ2) is 7.32. The molecule has 1 amide bonds. The van der Waals surface area contributed by atoms with Crippen LogP contribution in [-0.4, -0.2) is 18.4 Å². The molecule has 0 spiro atoms. The van der Waals surface area contributed by atoms with Gasteiger partial charge in [-0.3, -0.25) is 4.79 Å². The molecule has 0 aliphatic carbocycles. The first-order chi connectivity index (χ1) is 8.63. The highest BCUT2D eigenvalue weighted by molar-refractivity contribution is 5.92. The Kier molecular flexibility index (Phi) is 5.70. The number of rotatable bonds is 6. The molecule has 0 unspecified atom stereocenters. The van der Waals surface area contributed by atoms with Crippen LogP contribution in [0.1, 0.15) is 35.7 Å². The van der Waals surface area contributed by atoms with E-state index in [0.717, 1.165) is 24.9 Å². The second-order valence-corrected chi connectivity index (χ2v) is 4.04. The number of nitrogens with zero attached hydrogens (tertiary/aromatic N) is 1. The number of nitrogens with two attached hydrogens (primary N) is 2. The van der Waals surface area contributed by atoms with Gasteiger partial charge in [0.2, 0.25) is 5.91 Å². The molecular formula is C13H20N4O. The minimum Gasteiger partial charge on any atom is -0.370 e. The standard InChI is InChI=1S/C13H20N4O/c1-2-3-8-16-13(15)17-9-10-4-6-11(7-5-10)12(14)18/h4-7H,2-3,8-9H2,1H3,(H2,14,18)(H3,15,16,17). The molecule has 1 aromatic rings. The third kappa shape index (κ3) is 4.86. The Morgan fingerprint density at radius 3 is 2.50 bits per heavy atom. The third-order valence-electron chi connectivity index (χ3n) is 2.51. The predicted molar refractivity (Wildman–Crippen MR) is 73.2 cm³/mol. The van der Waals surface area contributed by atoms with E-state index in [4.69, 9.17) is 11.5 Å². The molecule has 98 valence electrons. The first-order valence-electron chi connectivity index (χ1n) is 6.06. The van der Waals surface area contributed by atoms with Gasteiger partial charge in [0.25, 0.3) is 0 Å². The molecule has 1 rings (SSSR count). The van der Waals surface area contributed by atoms with E-state index in [1.165, 1.54) is 0 Å². The van der Waals surface area contributed by atoms with Crippen molar-refractivity contribution in [1.29, 1.82) is 0 Å². The van der Waals surface area contributed by atoms with Gasteiger partial charge in [-0.1, -0.05) is 25.5 Å². The number of unbranched alkanes of at least 4 members (excludes halogenated alkanes) is 1. The van der Waals surface area contributed by atoms with Crippen LogP contribution in [0.3, 0.4) is 0 Å². The van der Waals surface area contributed by atoms with Crippen molar-refractivity contribution in [1.82, 2.24) is 5.32 Å². The lowest BCUT2D eigenvalue weighted by Crippen LogP contribution is -2.32. The molecule has 0 saturated carbocycles. The number of hydrogen-bond acceptors (Lipinski definition) is 2. The summed E-state index contributed by atoms with van der Waals surface area (Å²) in [5.41, 5.74) is 12.3. The van der Waals surface area contributed by atoms with Crippen LogP contribution in [0.25, 0.3) is 0 Å². The number of benzene rings is 1. The number of amides is 1. The molecule has 0 bridgehead atoms. The summed E-state index contributed by atoms with van der Waals surface area (Å²) in [6.45, 7) is 3.45. The van der Waals surface area contributed by atoms with E-state index in [-0.39, 0.29) is 0 Å². The summed E-state index contributed by atoms with van der Waals surface area (Å²) in [7, 11) is 0. The van der Waals surface area contributed by atoms with Crippen LogP contribution in [0.2, 0.25) is 0 Å². The van der Waals surface area contributed by atoms with Crippen molar-refractivity contribution >= 4 is 11.9 Å². The van der Waals surface area contributed by atoms with E-state index < -0.39 is 5.91 Å². The highest BCUT2D eigenvalue weighted by Gasteiger charge is 1.99. The zero-order chi connectivity index (χ0) is 13.4. The van der Waals surface area contributed by atoms with E-state index in [2.05, 4.69) is 17.2 Å². The molecule has 0 radical (unpaired) electrons. The molecule has 5 nitrogen and oxygen atoms in total. The molecule has 0 heterocycles. The van der Waals surface area contributed by atoms with E-state index in [0.29, 0.717) is 18.1 Å². The average molecular weight is 248 g/mol. The van der Waals surface area contributed by atoms with Crippen molar-refractivity contribution in [2.75, 3.05) is 6.54 Å². The molecule has 1 aromatic carbocycles. The van der Waals surface area contributed by atoms with E-state index in [1.807, 2.05) is 12.1 Å². The van der Waals surface area contributed by atoms with Gasteiger partial charge in [0.1, 0.15) is 0 Å². The first kappa shape index (κ1) is 14.0. The molecule has 0 atom stereocenters. The molecule has 0 aliphatic rings. The fourth-order valence-electron chi connectivity index (χ4n) is 1.40. The summed E-state index contributed by atoms with van der Waals surface area (Å²) < 4.78 is 0. The summed E-state index contributed by atoms with van der Waals surface area (Å²) in [5, 5.41) is 3.04. The highest BCUT2D eigenvalue weighted by Crippen LogP contribution is 2.04. The summed E-state index contributed by atoms with van der Waals surface area (Å²) in [4.78, 5) is 15.1. The number of guanidine groups is 1. The van der Waals surface area contributed by atoms with Gasteiger partial charge in [0, 0.05) is 12.1 Å². The van der Waals surface area contributed by atoms with E-state index in [1.54, 1.807) is 12.1 Å². The van der Waals surface area contributed by atoms with Gasteiger partial charge in [-0.05, 0) is 24.1 Å². The Balaban J connectivity index is 2.47. The van der Waals surface area contributed by atoms with Gasteiger partial charge in [-0.25, -0.2) is 4.99 Å². The van der Waals surface area contributed by atoms with Gasteiger partial charge in [0.15, 0.2) is 5.96 Å². The lowest BCUT2D eigenvalue weighted by atomic mass is 10.1. The molecule has 5 N–H and O–H groups in total. The first-order valence-corrected chi connectivity index (χ1v) is 6.06. The molecule has 0 aliphatic heterocycles. The fraction of sp³-hybridized carbons (Fsp3) is 0.385. The lowest BCUT2D eigenvalue weighted by Gasteiger charge is -2.04. The van der Waals surface area contributed by atoms with Crippen LogP contribution < -0.4 is 16.8 Å². The van der Waals surface area contributed by atoms with Gasteiger partial charge in [-0.2, -0.15) is 0 Å². The summed E-state index contributed by atoms with van der Waals surface area (Å²) >= 11 is 0. The lowest BCUT2D eigenvalue weighted by molar-refractivity contribution is 0.100. The van der Waals surface area contributed by atoms with Crippen LogP contribution in [0.4, 0.5) is 0 Å². The summed E-state index contributed by atoms with van der Waals surface area (Å²) in [5.74, 6) is 0.0215. The second-order valence-electron chi connectivity index (χ2n) is 4.04. The molecular weight excluding hydrogens is 228 g/mol. The van der Waals surface area contributed by atoms with E-state index >= 15 is 0 Å². The van der Waals surface area contributed by atoms with Gasteiger partial charge >= 0.3 is 0 Å². The number of carbonyl (C=O) groups excluding carboxylic acids is 1. The zero-order valence-electron chi connectivity index (χ0n) is 10.6. The monoisotopic (exact) mass is 248 g/mol. The minimum absolute atomic E-state index is 0.425.